The van der Waals surface area contributed by atoms with Crippen LogP contribution in [-0.4, -0.2) is 53.8 Å². The smallest absolute Gasteiger partial charge is 0.409 e. The summed E-state index contributed by atoms with van der Waals surface area (Å²) in [5.41, 5.74) is 0. The number of carbonyl (C=O) groups excluding carboxylic acids is 1. The summed E-state index contributed by atoms with van der Waals surface area (Å²) < 4.78 is 4.85. The minimum atomic E-state index is -0.388. The van der Waals surface area contributed by atoms with Crippen LogP contribution in [-0.2, 0) is 4.74 Å². The fraction of sp³-hybridized carbons (Fsp3) is 0.875. The number of hydrogen-bond donors (Lipinski definition) is 0. The van der Waals surface area contributed by atoms with E-state index in [1.165, 1.54) is 9.91 Å². The van der Waals surface area contributed by atoms with Crippen LogP contribution in [0.15, 0.2) is 5.28 Å². The Morgan fingerprint density at radius 1 is 1.44 bits per heavy atom. The number of carbonyl (C=O) groups is 1. The van der Waals surface area contributed by atoms with E-state index < -0.39 is 0 Å². The van der Waals surface area contributed by atoms with Crippen molar-refractivity contribution in [2.75, 3.05) is 32.8 Å². The van der Waals surface area contributed by atoms with Crippen LogP contribution in [0.4, 0.5) is 4.79 Å². The van der Waals surface area contributed by atoms with Gasteiger partial charge in [0.15, 0.2) is 0 Å². The first-order valence-electron chi connectivity index (χ1n) is 5.16. The van der Waals surface area contributed by atoms with Crippen molar-refractivity contribution in [1.29, 1.82) is 0 Å². The molecule has 16 heavy (non-hydrogen) atoms. The molecule has 0 N–H and O–H groups in total. The van der Waals surface area contributed by atoms with E-state index in [1.807, 2.05) is 0 Å². The molecule has 1 heterocycles. The van der Waals surface area contributed by atoms with E-state index in [0.29, 0.717) is 32.7 Å². The predicted octanol–water partition coefficient (Wildman–Crippen LogP) is 0.526. The highest BCUT2D eigenvalue weighted by Crippen LogP contribution is 2.05. The maximum absolute atomic E-state index is 11.4. The third kappa shape index (κ3) is 3.14. The van der Waals surface area contributed by atoms with Crippen molar-refractivity contribution in [3.05, 3.63) is 10.4 Å². The third-order valence-corrected chi connectivity index (χ3v) is 2.31. The maximum atomic E-state index is 11.4. The third-order valence-electron chi connectivity index (χ3n) is 2.31. The largest absolute Gasteiger partial charge is 0.737 e. The van der Waals surface area contributed by atoms with E-state index in [1.54, 1.807) is 6.92 Å². The predicted molar refractivity (Wildman–Crippen MR) is 54.2 cm³/mol. The number of hydrazine groups is 1. The Hall–Kier alpha value is -1.73. The molecule has 0 bridgehead atoms. The number of rotatable bonds is 2. The van der Waals surface area contributed by atoms with E-state index in [4.69, 9.17) is 4.74 Å². The van der Waals surface area contributed by atoms with E-state index in [9.17, 15) is 15.2 Å². The SMILES string of the molecule is CCOC(=O)N1CCCN(/[N+]([O-])=N/[O-])CC1. The Morgan fingerprint density at radius 3 is 2.81 bits per heavy atom. The van der Waals surface area contributed by atoms with Gasteiger partial charge in [0.1, 0.15) is 0 Å². The lowest BCUT2D eigenvalue weighted by molar-refractivity contribution is -0.689. The molecular weight excluding hydrogens is 216 g/mol. The van der Waals surface area contributed by atoms with Crippen LogP contribution < -0.4 is 0 Å². The topological polar surface area (TPSA) is 94.3 Å². The zero-order valence-electron chi connectivity index (χ0n) is 9.16. The van der Waals surface area contributed by atoms with Crippen LogP contribution in [0.1, 0.15) is 13.3 Å². The van der Waals surface area contributed by atoms with Crippen molar-refractivity contribution in [1.82, 2.24) is 9.91 Å². The average Bonchev–Trinajstić information content (AvgIpc) is 2.53. The lowest BCUT2D eigenvalue weighted by Gasteiger charge is -2.19. The van der Waals surface area contributed by atoms with Crippen molar-refractivity contribution < 1.29 is 14.5 Å². The second-order valence-electron chi connectivity index (χ2n) is 3.33. The molecule has 1 rings (SSSR count). The number of hydrogen-bond acceptors (Lipinski definition) is 5. The summed E-state index contributed by atoms with van der Waals surface area (Å²) in [4.78, 5) is 12.9. The van der Waals surface area contributed by atoms with Gasteiger partial charge in [-0.3, -0.25) is 0 Å². The lowest BCUT2D eigenvalue weighted by atomic mass is 10.4. The Kier molecular flexibility index (Phi) is 4.62. The highest BCUT2D eigenvalue weighted by Gasteiger charge is 2.22. The van der Waals surface area contributed by atoms with Crippen LogP contribution in [0.2, 0.25) is 0 Å². The van der Waals surface area contributed by atoms with E-state index in [0.717, 1.165) is 0 Å². The minimum Gasteiger partial charge on any atom is -0.737 e. The number of nitrogens with zero attached hydrogens (tertiary/aromatic N) is 4. The first-order chi connectivity index (χ1) is 7.69. The maximum Gasteiger partial charge on any atom is 0.409 e. The van der Waals surface area contributed by atoms with Crippen LogP contribution in [0.3, 0.4) is 0 Å². The van der Waals surface area contributed by atoms with Crippen LogP contribution in [0, 0.1) is 10.4 Å². The molecular formula is C8H15N4O4-. The molecule has 1 fully saturated rings. The molecule has 0 saturated carbocycles. The van der Waals surface area contributed by atoms with Gasteiger partial charge in [-0.15, -0.1) is 5.01 Å². The van der Waals surface area contributed by atoms with Gasteiger partial charge >= 0.3 is 6.09 Å². The van der Waals surface area contributed by atoms with Crippen molar-refractivity contribution in [2.45, 2.75) is 13.3 Å². The number of ether oxygens (including phenoxy) is 1. The average molecular weight is 231 g/mol. The molecule has 0 aromatic carbocycles. The lowest BCUT2D eigenvalue weighted by Crippen LogP contribution is -2.37. The molecule has 1 aliphatic heterocycles. The van der Waals surface area contributed by atoms with Gasteiger partial charge in [0, 0.05) is 18.1 Å². The zero-order valence-corrected chi connectivity index (χ0v) is 9.16. The molecule has 8 nitrogen and oxygen atoms in total. The van der Waals surface area contributed by atoms with Gasteiger partial charge in [0.25, 0.3) is 0 Å². The number of amides is 1. The molecule has 0 unspecified atom stereocenters. The monoisotopic (exact) mass is 231 g/mol. The van der Waals surface area contributed by atoms with Crippen molar-refractivity contribution in [2.24, 2.45) is 5.28 Å². The van der Waals surface area contributed by atoms with Gasteiger partial charge in [-0.2, -0.15) is 0 Å². The van der Waals surface area contributed by atoms with Gasteiger partial charge in [0.2, 0.25) is 0 Å². The van der Waals surface area contributed by atoms with Crippen molar-refractivity contribution in [3.8, 4) is 0 Å². The summed E-state index contributed by atoms with van der Waals surface area (Å²) in [6.45, 7) is 3.62. The summed E-state index contributed by atoms with van der Waals surface area (Å²) in [5, 5.41) is 24.5. The molecule has 0 atom stereocenters. The zero-order chi connectivity index (χ0) is 12.0. The van der Waals surface area contributed by atoms with Crippen LogP contribution >= 0.6 is 0 Å². The van der Waals surface area contributed by atoms with E-state index in [-0.39, 0.29) is 17.6 Å². The Labute approximate surface area is 93.2 Å². The van der Waals surface area contributed by atoms with E-state index in [2.05, 4.69) is 5.28 Å². The highest BCUT2D eigenvalue weighted by molar-refractivity contribution is 5.67. The quantitative estimate of drug-likeness (QED) is 0.392. The van der Waals surface area contributed by atoms with Gasteiger partial charge in [-0.1, -0.05) is 0 Å². The van der Waals surface area contributed by atoms with E-state index >= 15 is 0 Å². The minimum absolute atomic E-state index is 0.0225. The summed E-state index contributed by atoms with van der Waals surface area (Å²) in [7, 11) is 0. The fourth-order valence-electron chi connectivity index (χ4n) is 1.52. The summed E-state index contributed by atoms with van der Waals surface area (Å²) in [6, 6.07) is 0. The first kappa shape index (κ1) is 12.3. The molecule has 92 valence electrons. The Bertz CT molecular complexity index is 271. The molecule has 0 aliphatic carbocycles. The second-order valence-corrected chi connectivity index (χ2v) is 3.33. The van der Waals surface area contributed by atoms with Crippen molar-refractivity contribution in [3.63, 3.8) is 0 Å². The van der Waals surface area contributed by atoms with Crippen LogP contribution in [0.25, 0.3) is 0 Å². The van der Waals surface area contributed by atoms with Gasteiger partial charge < -0.3 is 20.1 Å². The van der Waals surface area contributed by atoms with Gasteiger partial charge in [-0.25, -0.2) is 4.79 Å². The molecule has 0 spiro atoms. The standard InChI is InChI=1S/C8H16N4O4/c1-2-16-8(13)10-4-3-5-11(7-6-10)12(15)9-14/h14H,2-7H2,1H3/p-1/b12-9-. The van der Waals surface area contributed by atoms with Gasteiger partial charge in [0.05, 0.1) is 19.7 Å². The summed E-state index contributed by atoms with van der Waals surface area (Å²) in [5.74, 6) is 0. The Morgan fingerprint density at radius 2 is 2.19 bits per heavy atom. The normalized spacial score (nSPS) is 18.2. The summed E-state index contributed by atoms with van der Waals surface area (Å²) >= 11 is 0. The molecule has 0 aromatic heterocycles. The molecule has 8 heteroatoms. The molecule has 1 saturated heterocycles. The second kappa shape index (κ2) is 5.99. The molecule has 1 aliphatic rings. The highest BCUT2D eigenvalue weighted by atomic mass is 16.6. The summed E-state index contributed by atoms with van der Waals surface area (Å²) in [6.07, 6.45) is 0.216. The van der Waals surface area contributed by atoms with Crippen LogP contribution in [0.5, 0.6) is 0 Å². The molecule has 1 amide bonds. The fourth-order valence-corrected chi connectivity index (χ4v) is 1.52. The molecule has 0 radical (unpaired) electrons. The Balaban J connectivity index is 2.49. The molecule has 0 aromatic rings. The van der Waals surface area contributed by atoms with Crippen molar-refractivity contribution >= 4 is 6.09 Å². The first-order valence-corrected chi connectivity index (χ1v) is 5.16. The van der Waals surface area contributed by atoms with Gasteiger partial charge in [-0.05, 0) is 18.6 Å².